The predicted octanol–water partition coefficient (Wildman–Crippen LogP) is 2.15. The first kappa shape index (κ1) is 10.2. The van der Waals surface area contributed by atoms with Crippen LogP contribution in [0.2, 0.25) is 0 Å². The van der Waals surface area contributed by atoms with Crippen molar-refractivity contribution in [1.82, 2.24) is 10.2 Å². The Morgan fingerprint density at radius 3 is 2.62 bits per heavy atom. The number of hydrogen-bond acceptors (Lipinski definition) is 3. The van der Waals surface area contributed by atoms with Crippen LogP contribution in [-0.2, 0) is 0 Å². The molecule has 0 saturated heterocycles. The van der Waals surface area contributed by atoms with Crippen molar-refractivity contribution in [3.05, 3.63) is 35.0 Å². The van der Waals surface area contributed by atoms with Gasteiger partial charge in [0.15, 0.2) is 0 Å². The zero-order chi connectivity index (χ0) is 11.7. The fraction of sp³-hybridized carbons (Fsp3) is 0.167. The normalized spacial score (nSPS) is 10.1. The Morgan fingerprint density at radius 1 is 1.31 bits per heavy atom. The molecule has 0 spiro atoms. The molecular formula is C12H12N4. The first-order valence-corrected chi connectivity index (χ1v) is 4.94. The van der Waals surface area contributed by atoms with Crippen LogP contribution in [0.1, 0.15) is 16.7 Å². The third-order valence-corrected chi connectivity index (χ3v) is 2.76. The average Bonchev–Trinajstić information content (AvgIpc) is 2.68. The fourth-order valence-corrected chi connectivity index (χ4v) is 1.71. The minimum Gasteiger partial charge on any atom is -0.384 e. The molecule has 0 aliphatic heterocycles. The summed E-state index contributed by atoms with van der Waals surface area (Å²) in [6, 6.07) is 5.85. The van der Waals surface area contributed by atoms with E-state index in [1.807, 2.05) is 26.0 Å². The number of rotatable bonds is 1. The maximum Gasteiger partial charge on any atom is 0.126 e. The number of benzene rings is 1. The Hall–Kier alpha value is -2.28. The Morgan fingerprint density at radius 2 is 2.06 bits per heavy atom. The highest BCUT2D eigenvalue weighted by Crippen LogP contribution is 2.29. The lowest BCUT2D eigenvalue weighted by Gasteiger charge is -2.08. The molecule has 0 unspecified atom stereocenters. The molecule has 2 rings (SSSR count). The van der Waals surface area contributed by atoms with Crippen LogP contribution in [0.4, 0.5) is 5.82 Å². The minimum absolute atomic E-state index is 0.526. The van der Waals surface area contributed by atoms with Crippen LogP contribution < -0.4 is 5.73 Å². The number of aryl methyl sites for hydroxylation is 1. The van der Waals surface area contributed by atoms with Crippen molar-refractivity contribution in [2.75, 3.05) is 5.73 Å². The van der Waals surface area contributed by atoms with Crippen molar-refractivity contribution in [1.29, 1.82) is 5.26 Å². The zero-order valence-corrected chi connectivity index (χ0v) is 9.20. The zero-order valence-electron chi connectivity index (χ0n) is 9.20. The Balaban J connectivity index is 2.70. The van der Waals surface area contributed by atoms with Gasteiger partial charge in [0.1, 0.15) is 5.82 Å². The summed E-state index contributed by atoms with van der Waals surface area (Å²) in [5, 5.41) is 15.5. The maximum atomic E-state index is 8.94. The molecule has 0 radical (unpaired) electrons. The third kappa shape index (κ3) is 1.52. The maximum absolute atomic E-state index is 8.94. The molecule has 2 aromatic rings. The topological polar surface area (TPSA) is 78.5 Å². The number of nitrogen functional groups attached to an aromatic ring is 1. The molecule has 4 nitrogen and oxygen atoms in total. The number of nitrogens with one attached hydrogen (secondary N) is 1. The Kier molecular flexibility index (Phi) is 2.37. The molecule has 4 heteroatoms. The molecule has 1 heterocycles. The molecule has 0 bridgehead atoms. The SMILES string of the molecule is Cc1cc(C#N)cc(-c2cn[nH]c2N)c1C. The van der Waals surface area contributed by atoms with Crippen molar-refractivity contribution in [2.45, 2.75) is 13.8 Å². The lowest BCUT2D eigenvalue weighted by atomic mass is 9.96. The highest BCUT2D eigenvalue weighted by atomic mass is 15.1. The van der Waals surface area contributed by atoms with Crippen molar-refractivity contribution >= 4 is 5.82 Å². The van der Waals surface area contributed by atoms with Crippen LogP contribution in [0.25, 0.3) is 11.1 Å². The largest absolute Gasteiger partial charge is 0.384 e. The summed E-state index contributed by atoms with van der Waals surface area (Å²) in [6.45, 7) is 3.99. The van der Waals surface area contributed by atoms with Crippen molar-refractivity contribution in [3.8, 4) is 17.2 Å². The highest BCUT2D eigenvalue weighted by molar-refractivity contribution is 5.77. The number of nitrogens with two attached hydrogens (primary N) is 1. The van der Waals surface area contributed by atoms with Gasteiger partial charge >= 0.3 is 0 Å². The molecule has 0 saturated carbocycles. The van der Waals surface area contributed by atoms with Gasteiger partial charge in [-0.2, -0.15) is 10.4 Å². The molecule has 0 aliphatic rings. The van der Waals surface area contributed by atoms with E-state index >= 15 is 0 Å². The molecule has 16 heavy (non-hydrogen) atoms. The van der Waals surface area contributed by atoms with E-state index in [9.17, 15) is 0 Å². The molecule has 0 fully saturated rings. The van der Waals surface area contributed by atoms with E-state index in [0.717, 1.165) is 22.3 Å². The number of H-pyrrole nitrogens is 1. The van der Waals surface area contributed by atoms with Crippen LogP contribution in [0, 0.1) is 25.2 Å². The molecule has 0 atom stereocenters. The van der Waals surface area contributed by atoms with Crippen molar-refractivity contribution in [2.24, 2.45) is 0 Å². The molecule has 80 valence electrons. The van der Waals surface area contributed by atoms with Crippen LogP contribution in [-0.4, -0.2) is 10.2 Å². The number of hydrogen-bond donors (Lipinski definition) is 2. The minimum atomic E-state index is 0.526. The number of nitrogens with zero attached hydrogens (tertiary/aromatic N) is 2. The summed E-state index contributed by atoms with van der Waals surface area (Å²) in [5.74, 6) is 0.526. The predicted molar refractivity (Wildman–Crippen MR) is 62.6 cm³/mol. The quantitative estimate of drug-likeness (QED) is 0.760. The lowest BCUT2D eigenvalue weighted by Crippen LogP contribution is -1.93. The van der Waals surface area contributed by atoms with Gasteiger partial charge in [-0.1, -0.05) is 0 Å². The monoisotopic (exact) mass is 212 g/mol. The van der Waals surface area contributed by atoms with Gasteiger partial charge in [0, 0.05) is 5.56 Å². The van der Waals surface area contributed by atoms with Gasteiger partial charge in [0.05, 0.1) is 17.8 Å². The van der Waals surface area contributed by atoms with Gasteiger partial charge in [-0.15, -0.1) is 0 Å². The third-order valence-electron chi connectivity index (χ3n) is 2.76. The van der Waals surface area contributed by atoms with Gasteiger partial charge in [-0.05, 0) is 42.7 Å². The van der Waals surface area contributed by atoms with Crippen molar-refractivity contribution in [3.63, 3.8) is 0 Å². The van der Waals surface area contributed by atoms with E-state index in [2.05, 4.69) is 16.3 Å². The summed E-state index contributed by atoms with van der Waals surface area (Å²) in [4.78, 5) is 0. The van der Waals surface area contributed by atoms with E-state index in [4.69, 9.17) is 11.0 Å². The second-order valence-electron chi connectivity index (χ2n) is 3.77. The second kappa shape index (κ2) is 3.70. The Labute approximate surface area is 93.7 Å². The van der Waals surface area contributed by atoms with Crippen LogP contribution in [0.3, 0.4) is 0 Å². The second-order valence-corrected chi connectivity index (χ2v) is 3.77. The molecular weight excluding hydrogens is 200 g/mol. The fourth-order valence-electron chi connectivity index (χ4n) is 1.71. The first-order valence-electron chi connectivity index (χ1n) is 4.94. The first-order chi connectivity index (χ1) is 7.63. The van der Waals surface area contributed by atoms with Crippen LogP contribution >= 0.6 is 0 Å². The van der Waals surface area contributed by atoms with Crippen molar-refractivity contribution < 1.29 is 0 Å². The van der Waals surface area contributed by atoms with E-state index < -0.39 is 0 Å². The van der Waals surface area contributed by atoms with Crippen LogP contribution in [0.5, 0.6) is 0 Å². The smallest absolute Gasteiger partial charge is 0.126 e. The van der Waals surface area contributed by atoms with Gasteiger partial charge in [-0.25, -0.2) is 0 Å². The standard InChI is InChI=1S/C12H12N4/c1-7-3-9(5-13)4-10(8(7)2)11-6-15-16-12(11)14/h3-4,6H,1-2H3,(H3,14,15,16). The number of aromatic nitrogens is 2. The molecule has 0 aliphatic carbocycles. The summed E-state index contributed by atoms with van der Waals surface area (Å²) in [6.07, 6.45) is 1.68. The van der Waals surface area contributed by atoms with Gasteiger partial charge in [-0.3, -0.25) is 5.10 Å². The summed E-state index contributed by atoms with van der Waals surface area (Å²) in [7, 11) is 0. The van der Waals surface area contributed by atoms with E-state index in [-0.39, 0.29) is 0 Å². The summed E-state index contributed by atoms with van der Waals surface area (Å²) in [5.41, 5.74) is 10.4. The summed E-state index contributed by atoms with van der Waals surface area (Å²) >= 11 is 0. The number of anilines is 1. The van der Waals surface area contributed by atoms with E-state index in [1.54, 1.807) is 6.20 Å². The lowest BCUT2D eigenvalue weighted by molar-refractivity contribution is 1.10. The number of aromatic amines is 1. The molecule has 1 aromatic carbocycles. The van der Waals surface area contributed by atoms with E-state index in [1.165, 1.54) is 0 Å². The molecule has 0 amide bonds. The van der Waals surface area contributed by atoms with Gasteiger partial charge in [0.2, 0.25) is 0 Å². The van der Waals surface area contributed by atoms with Gasteiger partial charge in [0.25, 0.3) is 0 Å². The average molecular weight is 212 g/mol. The highest BCUT2D eigenvalue weighted by Gasteiger charge is 2.10. The Bertz CT molecular complexity index is 575. The molecule has 3 N–H and O–H groups in total. The molecule has 1 aromatic heterocycles. The van der Waals surface area contributed by atoms with Gasteiger partial charge < -0.3 is 5.73 Å². The number of nitriles is 1. The van der Waals surface area contributed by atoms with E-state index in [0.29, 0.717) is 11.4 Å². The summed E-state index contributed by atoms with van der Waals surface area (Å²) < 4.78 is 0. The van der Waals surface area contributed by atoms with Crippen LogP contribution in [0.15, 0.2) is 18.3 Å².